The van der Waals surface area contributed by atoms with Gasteiger partial charge in [-0.05, 0) is 29.8 Å². The summed E-state index contributed by atoms with van der Waals surface area (Å²) in [5.41, 5.74) is 2.12. The van der Waals surface area contributed by atoms with Crippen molar-refractivity contribution in [1.29, 1.82) is 0 Å². The van der Waals surface area contributed by atoms with Crippen LogP contribution < -0.4 is 0 Å². The van der Waals surface area contributed by atoms with Gasteiger partial charge in [-0.3, -0.25) is 9.59 Å². The fourth-order valence-electron chi connectivity index (χ4n) is 3.23. The highest BCUT2D eigenvalue weighted by Gasteiger charge is 2.34. The molecular formula is C23H11Cl2NO4. The summed E-state index contributed by atoms with van der Waals surface area (Å²) in [6.07, 6.45) is 4.98. The van der Waals surface area contributed by atoms with E-state index in [0.29, 0.717) is 11.5 Å². The lowest BCUT2D eigenvalue weighted by Gasteiger charge is -1.98. The third-order valence-electron chi connectivity index (χ3n) is 4.67. The summed E-state index contributed by atoms with van der Waals surface area (Å²) in [6, 6.07) is 14.1. The quantitative estimate of drug-likeness (QED) is 0.276. The molecule has 1 aliphatic carbocycles. The molecule has 5 nitrogen and oxygen atoms in total. The van der Waals surface area contributed by atoms with Gasteiger partial charge in [-0.1, -0.05) is 53.5 Å². The van der Waals surface area contributed by atoms with Gasteiger partial charge in [0.05, 0.1) is 15.6 Å². The number of carbonyl (C=O) groups is 2. The van der Waals surface area contributed by atoms with Crippen molar-refractivity contribution in [3.63, 3.8) is 0 Å². The van der Waals surface area contributed by atoms with Gasteiger partial charge in [-0.15, -0.1) is 0 Å². The predicted octanol–water partition coefficient (Wildman–Crippen LogP) is 6.36. The van der Waals surface area contributed by atoms with Crippen molar-refractivity contribution >= 4 is 64.3 Å². The van der Waals surface area contributed by atoms with Gasteiger partial charge in [0.15, 0.2) is 17.1 Å². The fraction of sp³-hybridized carbons (Fsp3) is 0. The van der Waals surface area contributed by atoms with E-state index in [0.717, 1.165) is 5.56 Å². The Morgan fingerprint density at radius 1 is 0.833 bits per heavy atom. The summed E-state index contributed by atoms with van der Waals surface area (Å²) < 4.78 is 11.3. The molecule has 2 heterocycles. The molecule has 146 valence electrons. The summed E-state index contributed by atoms with van der Waals surface area (Å²) in [5.74, 6) is -0.185. The number of halogens is 2. The third-order valence-corrected chi connectivity index (χ3v) is 5.39. The number of furan rings is 1. The van der Waals surface area contributed by atoms with E-state index in [-0.39, 0.29) is 38.2 Å². The molecule has 1 aliphatic rings. The van der Waals surface area contributed by atoms with Crippen LogP contribution in [0.3, 0.4) is 0 Å². The van der Waals surface area contributed by atoms with Crippen molar-refractivity contribution in [3.05, 3.63) is 92.5 Å². The average molecular weight is 436 g/mol. The largest absolute Gasteiger partial charge is 0.436 e. The summed E-state index contributed by atoms with van der Waals surface area (Å²) in [5, 5.41) is 0.433. The molecule has 0 saturated heterocycles. The smallest absolute Gasteiger partial charge is 0.266 e. The first-order chi connectivity index (χ1) is 14.5. The Labute approximate surface area is 180 Å². The van der Waals surface area contributed by atoms with E-state index in [2.05, 4.69) is 4.98 Å². The Bertz CT molecular complexity index is 1320. The number of nitrogens with zero attached hydrogens (tertiary/aromatic N) is 1. The number of ketones is 2. The van der Waals surface area contributed by atoms with E-state index in [1.54, 1.807) is 12.1 Å². The first-order valence-corrected chi connectivity index (χ1v) is 9.69. The van der Waals surface area contributed by atoms with E-state index < -0.39 is 11.6 Å². The molecule has 0 unspecified atom stereocenters. The van der Waals surface area contributed by atoms with Crippen LogP contribution in [0.1, 0.15) is 37.9 Å². The van der Waals surface area contributed by atoms with Gasteiger partial charge in [0, 0.05) is 23.3 Å². The second-order valence-corrected chi connectivity index (χ2v) is 7.46. The Morgan fingerprint density at radius 3 is 2.13 bits per heavy atom. The molecule has 0 fully saturated rings. The van der Waals surface area contributed by atoms with Gasteiger partial charge < -0.3 is 8.83 Å². The molecule has 0 spiro atoms. The molecule has 7 heteroatoms. The van der Waals surface area contributed by atoms with Gasteiger partial charge in [0.25, 0.3) is 5.71 Å². The zero-order chi connectivity index (χ0) is 20.8. The number of rotatable bonds is 3. The highest BCUT2D eigenvalue weighted by atomic mass is 35.5. The molecular weight excluding hydrogens is 425 g/mol. The van der Waals surface area contributed by atoms with Crippen molar-refractivity contribution < 1.29 is 18.4 Å². The van der Waals surface area contributed by atoms with E-state index in [1.165, 1.54) is 18.2 Å². The summed E-state index contributed by atoms with van der Waals surface area (Å²) in [7, 11) is 0. The zero-order valence-electron chi connectivity index (χ0n) is 15.2. The van der Waals surface area contributed by atoms with Crippen LogP contribution in [-0.2, 0) is 0 Å². The molecule has 0 saturated carbocycles. The number of benzene rings is 2. The van der Waals surface area contributed by atoms with Crippen molar-refractivity contribution in [2.24, 2.45) is 0 Å². The second kappa shape index (κ2) is 7.13. The second-order valence-electron chi connectivity index (χ2n) is 6.64. The normalized spacial score (nSPS) is 13.6. The molecule has 0 N–H and O–H groups in total. The number of allylic oxidation sites excluding steroid dienone is 1. The van der Waals surface area contributed by atoms with Crippen LogP contribution in [0.25, 0.3) is 29.5 Å². The van der Waals surface area contributed by atoms with Gasteiger partial charge in [0.2, 0.25) is 5.89 Å². The van der Waals surface area contributed by atoms with Crippen molar-refractivity contribution in [3.8, 4) is 0 Å². The first kappa shape index (κ1) is 18.6. The Balaban J connectivity index is 1.44. The van der Waals surface area contributed by atoms with Crippen LogP contribution in [0.5, 0.6) is 0 Å². The Morgan fingerprint density at radius 2 is 1.50 bits per heavy atom. The topological polar surface area (TPSA) is 73.3 Å². The summed E-state index contributed by atoms with van der Waals surface area (Å²) in [4.78, 5) is 29.5. The van der Waals surface area contributed by atoms with Crippen LogP contribution in [0, 0.1) is 0 Å². The van der Waals surface area contributed by atoms with Crippen LogP contribution in [-0.4, -0.2) is 16.6 Å². The summed E-state index contributed by atoms with van der Waals surface area (Å²) in [6.45, 7) is 0. The van der Waals surface area contributed by atoms with Gasteiger partial charge in [-0.25, -0.2) is 0 Å². The maximum Gasteiger partial charge on any atom is 0.266 e. The number of hydrogen-bond acceptors (Lipinski definition) is 5. The SMILES string of the molecule is O=C1C(=Cc2cc3oc(/C=C/c4ccccc4)nc3o2)C(=O)c2cc(Cl)c(Cl)cc21. The number of fused-ring (bicyclic) bond motifs is 2. The maximum atomic E-state index is 12.6. The highest BCUT2D eigenvalue weighted by Crippen LogP contribution is 2.34. The molecule has 0 bridgehead atoms. The van der Waals surface area contributed by atoms with E-state index in [9.17, 15) is 9.59 Å². The standard InChI is InChI=1S/C23H11Cl2NO4/c24-17-10-14-15(11-18(17)25)22(28)16(21(14)27)8-13-9-19-23(29-13)26-20(30-19)7-6-12-4-2-1-3-5-12/h1-11H/b7-6+. The molecule has 5 rings (SSSR count). The van der Waals surface area contributed by atoms with Gasteiger partial charge >= 0.3 is 0 Å². The lowest BCUT2D eigenvalue weighted by molar-refractivity contribution is 0.0990. The highest BCUT2D eigenvalue weighted by molar-refractivity contribution is 6.46. The summed E-state index contributed by atoms with van der Waals surface area (Å²) >= 11 is 11.9. The Kier molecular flexibility index (Phi) is 4.42. The van der Waals surface area contributed by atoms with E-state index >= 15 is 0 Å². The number of hydrogen-bond donors (Lipinski definition) is 0. The van der Waals surface area contributed by atoms with Crippen molar-refractivity contribution in [1.82, 2.24) is 4.98 Å². The monoisotopic (exact) mass is 435 g/mol. The minimum atomic E-state index is -0.430. The molecule has 0 amide bonds. The molecule has 4 aromatic rings. The lowest BCUT2D eigenvalue weighted by atomic mass is 10.1. The minimum Gasteiger partial charge on any atom is -0.436 e. The van der Waals surface area contributed by atoms with Crippen molar-refractivity contribution in [2.75, 3.05) is 0 Å². The molecule has 30 heavy (non-hydrogen) atoms. The number of aromatic nitrogens is 1. The number of Topliss-reactive ketones (excluding diaryl/α,β-unsaturated/α-hetero) is 2. The van der Waals surface area contributed by atoms with Gasteiger partial charge in [0.1, 0.15) is 5.76 Å². The third kappa shape index (κ3) is 3.18. The first-order valence-electron chi connectivity index (χ1n) is 8.93. The zero-order valence-corrected chi connectivity index (χ0v) is 16.7. The predicted molar refractivity (Wildman–Crippen MR) is 115 cm³/mol. The molecule has 2 aromatic carbocycles. The van der Waals surface area contributed by atoms with E-state index in [4.69, 9.17) is 32.0 Å². The minimum absolute atomic E-state index is 0.0241. The van der Waals surface area contributed by atoms with E-state index in [1.807, 2.05) is 36.4 Å². The average Bonchev–Trinajstić information content (AvgIpc) is 3.35. The van der Waals surface area contributed by atoms with Crippen LogP contribution in [0.4, 0.5) is 0 Å². The fourth-order valence-corrected chi connectivity index (χ4v) is 3.56. The van der Waals surface area contributed by atoms with Crippen LogP contribution in [0.2, 0.25) is 10.0 Å². The molecule has 0 radical (unpaired) electrons. The maximum absolute atomic E-state index is 12.6. The number of oxazole rings is 1. The Hall–Kier alpha value is -3.41. The van der Waals surface area contributed by atoms with Crippen LogP contribution in [0.15, 0.2) is 62.9 Å². The lowest BCUT2D eigenvalue weighted by Crippen LogP contribution is -1.99. The molecule has 0 aliphatic heterocycles. The molecule has 2 aromatic heterocycles. The van der Waals surface area contributed by atoms with Gasteiger partial charge in [-0.2, -0.15) is 4.98 Å². The molecule has 0 atom stereocenters. The number of carbonyl (C=O) groups excluding carboxylic acids is 2. The van der Waals surface area contributed by atoms with Crippen molar-refractivity contribution in [2.45, 2.75) is 0 Å². The van der Waals surface area contributed by atoms with Crippen LogP contribution >= 0.6 is 23.2 Å².